The fourth-order valence-electron chi connectivity index (χ4n) is 4.25. The van der Waals surface area contributed by atoms with Crippen molar-refractivity contribution < 1.29 is 9.21 Å². The summed E-state index contributed by atoms with van der Waals surface area (Å²) in [5.74, 6) is 2.21. The lowest BCUT2D eigenvalue weighted by molar-refractivity contribution is 0.0697. The van der Waals surface area contributed by atoms with Crippen molar-refractivity contribution in [1.82, 2.24) is 15.1 Å². The zero-order chi connectivity index (χ0) is 17.9. The van der Waals surface area contributed by atoms with Gasteiger partial charge in [-0.15, -0.1) is 10.2 Å². The Labute approximate surface area is 154 Å². The van der Waals surface area contributed by atoms with E-state index >= 15 is 0 Å². The van der Waals surface area contributed by atoms with E-state index in [4.69, 9.17) is 4.42 Å². The van der Waals surface area contributed by atoms with E-state index in [0.717, 1.165) is 49.2 Å². The first-order chi connectivity index (χ1) is 12.7. The van der Waals surface area contributed by atoms with Crippen LogP contribution in [0.25, 0.3) is 0 Å². The molecule has 1 aliphatic carbocycles. The Morgan fingerprint density at radius 3 is 2.54 bits per heavy atom. The normalized spacial score (nSPS) is 21.7. The number of carbonyl (C=O) groups excluding carboxylic acids is 1. The third-order valence-electron chi connectivity index (χ3n) is 5.73. The molecule has 5 heteroatoms. The molecule has 5 nitrogen and oxygen atoms in total. The molecule has 1 amide bonds. The number of hydrogen-bond acceptors (Lipinski definition) is 4. The summed E-state index contributed by atoms with van der Waals surface area (Å²) in [4.78, 5) is 14.8. The van der Waals surface area contributed by atoms with Gasteiger partial charge < -0.3 is 9.32 Å². The minimum Gasteiger partial charge on any atom is -0.425 e. The molecule has 26 heavy (non-hydrogen) atoms. The number of nitrogens with zero attached hydrogens (tertiary/aromatic N) is 3. The Bertz CT molecular complexity index is 764. The maximum atomic E-state index is 12.8. The molecular weight excluding hydrogens is 326 g/mol. The molecule has 0 spiro atoms. The minimum absolute atomic E-state index is 0.102. The Morgan fingerprint density at radius 2 is 1.77 bits per heavy atom. The molecule has 1 saturated carbocycles. The molecule has 138 valence electrons. The predicted molar refractivity (Wildman–Crippen MR) is 99.2 cm³/mol. The van der Waals surface area contributed by atoms with E-state index in [1.165, 1.54) is 19.3 Å². The first-order valence-electron chi connectivity index (χ1n) is 9.90. The number of piperidine rings is 1. The van der Waals surface area contributed by atoms with Gasteiger partial charge in [0.05, 0.1) is 5.92 Å². The van der Waals surface area contributed by atoms with Crippen LogP contribution < -0.4 is 0 Å². The first kappa shape index (κ1) is 17.3. The summed E-state index contributed by atoms with van der Waals surface area (Å²) in [6, 6.07) is 7.81. The highest BCUT2D eigenvalue weighted by Gasteiger charge is 2.30. The second-order valence-corrected chi connectivity index (χ2v) is 7.77. The van der Waals surface area contributed by atoms with Crippen LogP contribution in [0.3, 0.4) is 0 Å². The van der Waals surface area contributed by atoms with Crippen LogP contribution in [0.1, 0.15) is 84.5 Å². The summed E-state index contributed by atoms with van der Waals surface area (Å²) in [5.41, 5.74) is 1.87. The van der Waals surface area contributed by atoms with Gasteiger partial charge in [-0.05, 0) is 44.7 Å². The summed E-state index contributed by atoms with van der Waals surface area (Å²) in [5, 5.41) is 8.68. The number of rotatable bonds is 3. The van der Waals surface area contributed by atoms with E-state index in [2.05, 4.69) is 10.2 Å². The van der Waals surface area contributed by atoms with Gasteiger partial charge in [-0.3, -0.25) is 4.79 Å². The number of aromatic nitrogens is 2. The molecule has 0 N–H and O–H groups in total. The number of benzene rings is 1. The van der Waals surface area contributed by atoms with Crippen LogP contribution in [0.2, 0.25) is 0 Å². The molecule has 1 aromatic heterocycles. The van der Waals surface area contributed by atoms with E-state index in [1.807, 2.05) is 36.1 Å². The quantitative estimate of drug-likeness (QED) is 0.818. The van der Waals surface area contributed by atoms with Gasteiger partial charge in [0.25, 0.3) is 5.91 Å². The Kier molecular flexibility index (Phi) is 5.05. The third kappa shape index (κ3) is 3.67. The lowest BCUT2D eigenvalue weighted by Gasteiger charge is -2.31. The molecule has 0 radical (unpaired) electrons. The highest BCUT2D eigenvalue weighted by atomic mass is 16.4. The van der Waals surface area contributed by atoms with Crippen LogP contribution in [-0.4, -0.2) is 34.1 Å². The van der Waals surface area contributed by atoms with Crippen molar-refractivity contribution in [3.63, 3.8) is 0 Å². The van der Waals surface area contributed by atoms with Crippen molar-refractivity contribution >= 4 is 5.91 Å². The van der Waals surface area contributed by atoms with Gasteiger partial charge in [-0.1, -0.05) is 37.0 Å². The van der Waals surface area contributed by atoms with Crippen LogP contribution >= 0.6 is 0 Å². The van der Waals surface area contributed by atoms with Gasteiger partial charge in [0.15, 0.2) is 0 Å². The van der Waals surface area contributed by atoms with Crippen LogP contribution in [-0.2, 0) is 0 Å². The molecule has 2 aromatic rings. The van der Waals surface area contributed by atoms with E-state index < -0.39 is 0 Å². The van der Waals surface area contributed by atoms with E-state index in [1.54, 1.807) is 0 Å². The summed E-state index contributed by atoms with van der Waals surface area (Å²) in [6.45, 7) is 3.48. The smallest absolute Gasteiger partial charge is 0.253 e. The number of amides is 1. The molecule has 1 aliphatic heterocycles. The van der Waals surface area contributed by atoms with Gasteiger partial charge >= 0.3 is 0 Å². The second kappa shape index (κ2) is 7.60. The van der Waals surface area contributed by atoms with Crippen LogP contribution in [0.4, 0.5) is 0 Å². The van der Waals surface area contributed by atoms with Crippen molar-refractivity contribution in [1.29, 1.82) is 0 Å². The van der Waals surface area contributed by atoms with E-state index in [9.17, 15) is 4.79 Å². The Hall–Kier alpha value is -2.17. The summed E-state index contributed by atoms with van der Waals surface area (Å²) >= 11 is 0. The highest BCUT2D eigenvalue weighted by molar-refractivity contribution is 5.94. The van der Waals surface area contributed by atoms with Gasteiger partial charge in [0, 0.05) is 24.6 Å². The standard InChI is InChI=1S/C21H27N3O2/c1-15-7-5-10-17(13-15)21(25)24-12-6-11-18(14-24)20-23-22-19(26-20)16-8-3-2-4-9-16/h5,7,10,13,16,18H,2-4,6,8-9,11-12,14H2,1H3. The Morgan fingerprint density at radius 1 is 1.04 bits per heavy atom. The zero-order valence-electron chi connectivity index (χ0n) is 15.5. The largest absolute Gasteiger partial charge is 0.425 e. The average Bonchev–Trinajstić information content (AvgIpc) is 3.18. The van der Waals surface area contributed by atoms with Crippen molar-refractivity contribution in [2.75, 3.05) is 13.1 Å². The lowest BCUT2D eigenvalue weighted by atomic mass is 9.89. The first-order valence-corrected chi connectivity index (χ1v) is 9.90. The SMILES string of the molecule is Cc1cccc(C(=O)N2CCCC(c3nnc(C4CCCCC4)o3)C2)c1. The van der Waals surface area contributed by atoms with E-state index in [-0.39, 0.29) is 11.8 Å². The predicted octanol–water partition coefficient (Wildman–Crippen LogP) is 4.45. The lowest BCUT2D eigenvalue weighted by Crippen LogP contribution is -2.39. The molecule has 1 atom stereocenters. The minimum atomic E-state index is 0.102. The van der Waals surface area contributed by atoms with Crippen LogP contribution in [0, 0.1) is 6.92 Å². The molecule has 1 aromatic carbocycles. The molecule has 1 saturated heterocycles. The third-order valence-corrected chi connectivity index (χ3v) is 5.73. The van der Waals surface area contributed by atoms with Crippen LogP contribution in [0.5, 0.6) is 0 Å². The maximum Gasteiger partial charge on any atom is 0.253 e. The maximum absolute atomic E-state index is 12.8. The fraction of sp³-hybridized carbons (Fsp3) is 0.571. The number of carbonyl (C=O) groups is 1. The fourth-order valence-corrected chi connectivity index (χ4v) is 4.25. The molecule has 2 fully saturated rings. The molecule has 1 unspecified atom stereocenters. The van der Waals surface area contributed by atoms with Gasteiger partial charge in [0.1, 0.15) is 0 Å². The summed E-state index contributed by atoms with van der Waals surface area (Å²) < 4.78 is 6.06. The van der Waals surface area contributed by atoms with Crippen molar-refractivity contribution in [3.8, 4) is 0 Å². The monoisotopic (exact) mass is 353 g/mol. The number of hydrogen-bond donors (Lipinski definition) is 0. The van der Waals surface area contributed by atoms with Crippen LogP contribution in [0.15, 0.2) is 28.7 Å². The average molecular weight is 353 g/mol. The number of aryl methyl sites for hydroxylation is 1. The number of likely N-dealkylation sites (tertiary alicyclic amines) is 1. The second-order valence-electron chi connectivity index (χ2n) is 7.77. The molecule has 0 bridgehead atoms. The van der Waals surface area contributed by atoms with Crippen molar-refractivity contribution in [2.24, 2.45) is 0 Å². The Balaban J connectivity index is 1.45. The van der Waals surface area contributed by atoms with Gasteiger partial charge in [0.2, 0.25) is 11.8 Å². The molecular formula is C21H27N3O2. The molecule has 2 aliphatic rings. The van der Waals surface area contributed by atoms with Gasteiger partial charge in [-0.25, -0.2) is 0 Å². The summed E-state index contributed by atoms with van der Waals surface area (Å²) in [7, 11) is 0. The van der Waals surface area contributed by atoms with Crippen molar-refractivity contribution in [3.05, 3.63) is 47.2 Å². The highest BCUT2D eigenvalue weighted by Crippen LogP contribution is 2.34. The van der Waals surface area contributed by atoms with Gasteiger partial charge in [-0.2, -0.15) is 0 Å². The van der Waals surface area contributed by atoms with E-state index in [0.29, 0.717) is 18.4 Å². The molecule has 2 heterocycles. The topological polar surface area (TPSA) is 59.2 Å². The zero-order valence-corrected chi connectivity index (χ0v) is 15.5. The summed E-state index contributed by atoms with van der Waals surface area (Å²) in [6.07, 6.45) is 8.12. The molecule has 4 rings (SSSR count). The van der Waals surface area contributed by atoms with Crippen molar-refractivity contribution in [2.45, 2.75) is 63.7 Å².